The second-order valence-corrected chi connectivity index (χ2v) is 7.91. The first-order valence-electron chi connectivity index (χ1n) is 9.14. The van der Waals surface area contributed by atoms with E-state index in [2.05, 4.69) is 15.3 Å². The Balaban J connectivity index is 1.62. The number of amidine groups is 1. The first kappa shape index (κ1) is 20.1. The zero-order chi connectivity index (χ0) is 21.7. The van der Waals surface area contributed by atoms with E-state index in [1.807, 2.05) is 0 Å². The summed E-state index contributed by atoms with van der Waals surface area (Å²) in [4.78, 5) is 20.2. The van der Waals surface area contributed by atoms with Gasteiger partial charge in [-0.15, -0.1) is 0 Å². The molecule has 6 nitrogen and oxygen atoms in total. The number of carbonyl (C=O) groups is 1. The molecule has 1 saturated carbocycles. The lowest BCUT2D eigenvalue weighted by atomic mass is 9.67. The average molecular weight is 422 g/mol. The number of hydrogen-bond acceptors (Lipinski definition) is 5. The highest BCUT2D eigenvalue weighted by Gasteiger charge is 2.62. The number of alkyl halides is 2. The van der Waals surface area contributed by atoms with Gasteiger partial charge >= 0.3 is 0 Å². The van der Waals surface area contributed by atoms with Crippen LogP contribution in [0, 0.1) is 11.6 Å². The molecule has 1 aliphatic carbocycles. The number of rotatable bonds is 3. The fourth-order valence-corrected chi connectivity index (χ4v) is 4.16. The number of benzene rings is 1. The van der Waals surface area contributed by atoms with Crippen LogP contribution in [0.2, 0.25) is 0 Å². The maximum atomic E-state index is 14.7. The largest absolute Gasteiger partial charge is 0.458 e. The Morgan fingerprint density at radius 1 is 1.17 bits per heavy atom. The van der Waals surface area contributed by atoms with E-state index in [1.54, 1.807) is 6.92 Å². The van der Waals surface area contributed by atoms with Gasteiger partial charge < -0.3 is 15.8 Å². The normalized spacial score (nSPS) is 23.8. The van der Waals surface area contributed by atoms with Crippen LogP contribution < -0.4 is 11.1 Å². The van der Waals surface area contributed by atoms with Crippen LogP contribution in [0.5, 0.6) is 0 Å². The van der Waals surface area contributed by atoms with Gasteiger partial charge in [0.1, 0.15) is 22.9 Å². The Kier molecular flexibility index (Phi) is 4.48. The van der Waals surface area contributed by atoms with Crippen molar-refractivity contribution in [3.8, 4) is 0 Å². The Bertz CT molecular complexity index is 1030. The van der Waals surface area contributed by atoms with Crippen molar-refractivity contribution in [2.45, 2.75) is 43.2 Å². The van der Waals surface area contributed by atoms with E-state index in [9.17, 15) is 22.4 Å². The summed E-state index contributed by atoms with van der Waals surface area (Å²) in [7, 11) is 0. The summed E-state index contributed by atoms with van der Waals surface area (Å²) in [5.74, 6) is -4.71. The van der Waals surface area contributed by atoms with Crippen LogP contribution in [0.25, 0.3) is 0 Å². The van der Waals surface area contributed by atoms with Gasteiger partial charge in [-0.25, -0.2) is 27.5 Å². The summed E-state index contributed by atoms with van der Waals surface area (Å²) in [5.41, 5.74) is 3.53. The highest BCUT2D eigenvalue weighted by Crippen LogP contribution is 2.55. The molecule has 2 aliphatic rings. The number of halogens is 4. The van der Waals surface area contributed by atoms with Crippen LogP contribution in [-0.2, 0) is 10.3 Å². The van der Waals surface area contributed by atoms with E-state index >= 15 is 0 Å². The maximum absolute atomic E-state index is 14.7. The predicted octanol–water partition coefficient (Wildman–Crippen LogP) is 3.73. The molecule has 2 heterocycles. The molecule has 1 fully saturated rings. The van der Waals surface area contributed by atoms with Gasteiger partial charge in [0.15, 0.2) is 0 Å². The third-order valence-electron chi connectivity index (χ3n) is 5.27. The molecule has 158 valence electrons. The van der Waals surface area contributed by atoms with E-state index in [4.69, 9.17) is 10.5 Å². The monoisotopic (exact) mass is 422 g/mol. The number of aromatic nitrogens is 1. The van der Waals surface area contributed by atoms with Gasteiger partial charge in [-0.1, -0.05) is 0 Å². The molecule has 1 aromatic carbocycles. The van der Waals surface area contributed by atoms with Crippen molar-refractivity contribution >= 4 is 17.6 Å². The van der Waals surface area contributed by atoms with E-state index in [0.29, 0.717) is 0 Å². The molecule has 1 aromatic heterocycles. The second kappa shape index (κ2) is 6.68. The van der Waals surface area contributed by atoms with Crippen LogP contribution in [0.15, 0.2) is 41.5 Å². The molecular weight excluding hydrogens is 404 g/mol. The summed E-state index contributed by atoms with van der Waals surface area (Å²) in [5, 5.41) is 2.55. The highest BCUT2D eigenvalue weighted by molar-refractivity contribution is 6.02. The van der Waals surface area contributed by atoms with Gasteiger partial charge in [-0.2, -0.15) is 0 Å². The van der Waals surface area contributed by atoms with E-state index in [0.717, 1.165) is 18.3 Å². The topological polar surface area (TPSA) is 89.6 Å². The van der Waals surface area contributed by atoms with Crippen LogP contribution >= 0.6 is 0 Å². The van der Waals surface area contributed by atoms with Crippen molar-refractivity contribution in [3.05, 3.63) is 59.4 Å². The second-order valence-electron chi connectivity index (χ2n) is 7.91. The SMILES string of the molecule is CC1(c2cc(NC(=O)c3ccc(F)cn3)ccc2F)CC2(CC(F)(F)C2)OC(N)=N1. The molecule has 3 N–H and O–H groups in total. The molecule has 1 atom stereocenters. The van der Waals surface area contributed by atoms with Gasteiger partial charge in [-0.05, 0) is 37.3 Å². The fraction of sp³-hybridized carbons (Fsp3) is 0.350. The van der Waals surface area contributed by atoms with Gasteiger partial charge in [0.2, 0.25) is 0 Å². The van der Waals surface area contributed by atoms with Gasteiger partial charge in [0, 0.05) is 17.7 Å². The minimum Gasteiger partial charge on any atom is -0.458 e. The van der Waals surface area contributed by atoms with Crippen molar-refractivity contribution in [3.63, 3.8) is 0 Å². The maximum Gasteiger partial charge on any atom is 0.283 e. The van der Waals surface area contributed by atoms with Gasteiger partial charge in [-0.3, -0.25) is 4.79 Å². The van der Waals surface area contributed by atoms with E-state index < -0.39 is 47.4 Å². The number of ether oxygens (including phenoxy) is 1. The number of aliphatic imine (C=N–C) groups is 1. The van der Waals surface area contributed by atoms with Crippen LogP contribution in [0.1, 0.15) is 42.2 Å². The number of nitrogens with two attached hydrogens (primary N) is 1. The molecule has 10 heteroatoms. The molecule has 1 unspecified atom stereocenters. The van der Waals surface area contributed by atoms with Crippen molar-refractivity contribution < 1.29 is 27.1 Å². The first-order chi connectivity index (χ1) is 14.0. The molecule has 4 rings (SSSR count). The summed E-state index contributed by atoms with van der Waals surface area (Å²) in [6.07, 6.45) is -0.149. The molecule has 2 aromatic rings. The number of nitrogens with one attached hydrogen (secondary N) is 1. The number of anilines is 1. The predicted molar refractivity (Wildman–Crippen MR) is 100 cm³/mol. The van der Waals surface area contributed by atoms with Gasteiger partial charge in [0.05, 0.1) is 24.6 Å². The molecule has 0 radical (unpaired) electrons. The molecule has 30 heavy (non-hydrogen) atoms. The zero-order valence-electron chi connectivity index (χ0n) is 15.9. The van der Waals surface area contributed by atoms with Crippen LogP contribution in [-0.4, -0.2) is 28.4 Å². The Hall–Kier alpha value is -3.17. The lowest BCUT2D eigenvalue weighted by Gasteiger charge is -2.52. The Morgan fingerprint density at radius 2 is 1.90 bits per heavy atom. The summed E-state index contributed by atoms with van der Waals surface area (Å²) < 4.78 is 60.1. The quantitative estimate of drug-likeness (QED) is 0.738. The van der Waals surface area contributed by atoms with E-state index in [-0.39, 0.29) is 29.4 Å². The minimum atomic E-state index is -2.87. The first-order valence-corrected chi connectivity index (χ1v) is 9.14. The summed E-state index contributed by atoms with van der Waals surface area (Å²) in [6, 6.07) is 5.85. The highest BCUT2D eigenvalue weighted by atomic mass is 19.3. The average Bonchev–Trinajstić information content (AvgIpc) is 2.61. The lowest BCUT2D eigenvalue weighted by Crippen LogP contribution is -2.60. The molecule has 0 saturated heterocycles. The third kappa shape index (κ3) is 3.69. The van der Waals surface area contributed by atoms with Crippen molar-refractivity contribution in [2.75, 3.05) is 5.32 Å². The molecule has 1 amide bonds. The van der Waals surface area contributed by atoms with Crippen molar-refractivity contribution in [1.82, 2.24) is 4.98 Å². The van der Waals surface area contributed by atoms with Crippen LogP contribution in [0.3, 0.4) is 0 Å². The number of amides is 1. The third-order valence-corrected chi connectivity index (χ3v) is 5.27. The summed E-state index contributed by atoms with van der Waals surface area (Å²) >= 11 is 0. The molecular formula is C20H18F4N4O2. The van der Waals surface area contributed by atoms with E-state index in [1.165, 1.54) is 18.2 Å². The zero-order valence-corrected chi connectivity index (χ0v) is 15.9. The molecule has 1 aliphatic heterocycles. The lowest BCUT2D eigenvalue weighted by molar-refractivity contribution is -0.210. The van der Waals surface area contributed by atoms with Crippen molar-refractivity contribution in [1.29, 1.82) is 0 Å². The standard InChI is InChI=1S/C20H18F4N4O2/c1-18(8-19(30-17(25)28-18)9-20(23,24)10-19)13-6-12(3-4-14(13)22)27-16(29)15-5-2-11(21)7-26-15/h2-7H,8-10H2,1H3,(H2,25,28)(H,27,29). The Morgan fingerprint density at radius 3 is 2.53 bits per heavy atom. The number of carbonyl (C=O) groups excluding carboxylic acids is 1. The number of hydrogen-bond donors (Lipinski definition) is 2. The number of nitrogens with zero attached hydrogens (tertiary/aromatic N) is 2. The number of pyridine rings is 1. The molecule has 0 bridgehead atoms. The smallest absolute Gasteiger partial charge is 0.283 e. The molecule has 1 spiro atoms. The van der Waals surface area contributed by atoms with Crippen LogP contribution in [0.4, 0.5) is 23.2 Å². The fourth-order valence-electron chi connectivity index (χ4n) is 4.16. The Labute approximate surface area is 169 Å². The summed E-state index contributed by atoms with van der Waals surface area (Å²) in [6.45, 7) is 1.58. The van der Waals surface area contributed by atoms with Crippen molar-refractivity contribution in [2.24, 2.45) is 10.7 Å². The van der Waals surface area contributed by atoms with Gasteiger partial charge in [0.25, 0.3) is 17.9 Å². The minimum absolute atomic E-state index is 0.00409.